The largest absolute Gasteiger partial charge is 0.370 e. The Kier molecular flexibility index (Phi) is 5.83. The van der Waals surface area contributed by atoms with Crippen LogP contribution in [0.5, 0.6) is 0 Å². The van der Waals surface area contributed by atoms with E-state index in [9.17, 15) is 4.79 Å². The van der Waals surface area contributed by atoms with Gasteiger partial charge in [0.2, 0.25) is 5.91 Å². The number of hydrogen-bond acceptors (Lipinski definition) is 5. The molecule has 1 fully saturated rings. The normalized spacial score (nSPS) is 17.9. The second-order valence-corrected chi connectivity index (χ2v) is 7.92. The van der Waals surface area contributed by atoms with E-state index in [-0.39, 0.29) is 11.3 Å². The van der Waals surface area contributed by atoms with Gasteiger partial charge in [-0.1, -0.05) is 20.8 Å². The number of aromatic nitrogens is 1. The fourth-order valence-corrected chi connectivity index (χ4v) is 2.88. The van der Waals surface area contributed by atoms with Gasteiger partial charge >= 0.3 is 0 Å². The molecule has 0 aromatic carbocycles. The van der Waals surface area contributed by atoms with Gasteiger partial charge in [-0.2, -0.15) is 0 Å². The molecule has 1 amide bonds. The highest BCUT2D eigenvalue weighted by atomic mass is 16.2. The van der Waals surface area contributed by atoms with Crippen LogP contribution in [0.25, 0.3) is 0 Å². The van der Waals surface area contributed by atoms with Crippen LogP contribution in [0.4, 0.5) is 11.5 Å². The highest BCUT2D eigenvalue weighted by Gasteiger charge is 2.27. The highest BCUT2D eigenvalue weighted by molar-refractivity contribution is 5.94. The average Bonchev–Trinajstić information content (AvgIpc) is 2.54. The van der Waals surface area contributed by atoms with Crippen molar-refractivity contribution in [2.75, 3.05) is 37.4 Å². The fourth-order valence-electron chi connectivity index (χ4n) is 2.88. The number of piperidine rings is 1. The Bertz CT molecular complexity index is 542. The van der Waals surface area contributed by atoms with Gasteiger partial charge in [-0.15, -0.1) is 0 Å². The van der Waals surface area contributed by atoms with Crippen molar-refractivity contribution in [3.63, 3.8) is 0 Å². The molecular weight excluding hydrogens is 302 g/mol. The van der Waals surface area contributed by atoms with Crippen molar-refractivity contribution in [3.05, 3.63) is 18.3 Å². The third-order valence-electron chi connectivity index (χ3n) is 4.77. The second kappa shape index (κ2) is 7.49. The molecule has 1 aliphatic rings. The maximum absolute atomic E-state index is 12.2. The summed E-state index contributed by atoms with van der Waals surface area (Å²) in [5.41, 5.74) is 6.80. The summed E-state index contributed by atoms with van der Waals surface area (Å²) < 4.78 is 0. The van der Waals surface area contributed by atoms with E-state index in [0.29, 0.717) is 11.9 Å². The number of amides is 1. The summed E-state index contributed by atoms with van der Waals surface area (Å²) in [5, 5.41) is 2.80. The summed E-state index contributed by atoms with van der Waals surface area (Å²) in [4.78, 5) is 21.2. The van der Waals surface area contributed by atoms with Gasteiger partial charge in [0.05, 0.1) is 17.9 Å². The van der Waals surface area contributed by atoms with Gasteiger partial charge in [0.25, 0.3) is 0 Å². The molecule has 1 saturated heterocycles. The number of nitrogens with one attached hydrogen (secondary N) is 1. The standard InChI is InChI=1S/C18H31N5O/c1-18(2,3)16(19)17(24)21-15-7-6-14(12-20-15)23-10-8-13(9-11-23)22(4)5/h6-7,12-13,16H,8-11,19H2,1-5H3,(H,20,21,24)/t16-/m1/s1. The molecule has 24 heavy (non-hydrogen) atoms. The lowest BCUT2D eigenvalue weighted by Gasteiger charge is -2.36. The minimum atomic E-state index is -0.566. The Balaban J connectivity index is 1.93. The molecule has 0 saturated carbocycles. The molecule has 0 aliphatic carbocycles. The zero-order valence-electron chi connectivity index (χ0n) is 15.5. The first-order valence-electron chi connectivity index (χ1n) is 8.62. The van der Waals surface area contributed by atoms with Gasteiger partial charge in [-0.05, 0) is 44.5 Å². The lowest BCUT2D eigenvalue weighted by molar-refractivity contribution is -0.119. The fraction of sp³-hybridized carbons (Fsp3) is 0.667. The Morgan fingerprint density at radius 1 is 1.33 bits per heavy atom. The molecule has 6 heteroatoms. The average molecular weight is 333 g/mol. The van der Waals surface area contributed by atoms with E-state index in [4.69, 9.17) is 5.73 Å². The van der Waals surface area contributed by atoms with Crippen LogP contribution in [0.1, 0.15) is 33.6 Å². The van der Waals surface area contributed by atoms with Crippen molar-refractivity contribution in [2.45, 2.75) is 45.7 Å². The first-order chi connectivity index (χ1) is 11.2. The quantitative estimate of drug-likeness (QED) is 0.880. The molecule has 0 radical (unpaired) electrons. The number of nitrogens with zero attached hydrogens (tertiary/aromatic N) is 3. The van der Waals surface area contributed by atoms with Gasteiger partial charge < -0.3 is 20.9 Å². The van der Waals surface area contributed by atoms with Crippen molar-refractivity contribution in [2.24, 2.45) is 11.1 Å². The SMILES string of the molecule is CN(C)C1CCN(c2ccc(NC(=O)[C@@H](N)C(C)(C)C)nc2)CC1. The molecular formula is C18H31N5O. The van der Waals surface area contributed by atoms with Crippen LogP contribution in [-0.2, 0) is 4.79 Å². The lowest BCUT2D eigenvalue weighted by atomic mass is 9.87. The van der Waals surface area contributed by atoms with Crippen LogP contribution < -0.4 is 16.0 Å². The molecule has 134 valence electrons. The van der Waals surface area contributed by atoms with Gasteiger partial charge in [0.15, 0.2) is 0 Å². The molecule has 0 bridgehead atoms. The molecule has 1 aromatic heterocycles. The number of rotatable bonds is 4. The number of pyridine rings is 1. The van der Waals surface area contributed by atoms with Crippen molar-refractivity contribution in [1.82, 2.24) is 9.88 Å². The number of carbonyl (C=O) groups is 1. The van der Waals surface area contributed by atoms with Crippen LogP contribution in [0.15, 0.2) is 18.3 Å². The predicted octanol–water partition coefficient (Wildman–Crippen LogP) is 1.92. The van der Waals surface area contributed by atoms with Gasteiger partial charge in [-0.3, -0.25) is 4.79 Å². The minimum absolute atomic E-state index is 0.199. The number of hydrogen-bond donors (Lipinski definition) is 2. The van der Waals surface area contributed by atoms with E-state index in [1.54, 1.807) is 0 Å². The Morgan fingerprint density at radius 3 is 2.42 bits per heavy atom. The summed E-state index contributed by atoms with van der Waals surface area (Å²) in [6.45, 7) is 7.91. The van der Waals surface area contributed by atoms with E-state index in [0.717, 1.165) is 31.6 Å². The lowest BCUT2D eigenvalue weighted by Crippen LogP contribution is -2.45. The van der Waals surface area contributed by atoms with Gasteiger partial charge in [0.1, 0.15) is 5.82 Å². The molecule has 1 aliphatic heterocycles. The third kappa shape index (κ3) is 4.68. The molecule has 2 heterocycles. The maximum atomic E-state index is 12.2. The summed E-state index contributed by atoms with van der Waals surface area (Å²) in [6, 6.07) is 3.96. The molecule has 0 unspecified atom stereocenters. The summed E-state index contributed by atoms with van der Waals surface area (Å²) in [5.74, 6) is 0.348. The number of anilines is 2. The van der Waals surface area contributed by atoms with E-state index >= 15 is 0 Å². The zero-order valence-corrected chi connectivity index (χ0v) is 15.5. The second-order valence-electron chi connectivity index (χ2n) is 7.92. The minimum Gasteiger partial charge on any atom is -0.370 e. The van der Waals surface area contributed by atoms with Crippen molar-refractivity contribution < 1.29 is 4.79 Å². The predicted molar refractivity (Wildman–Crippen MR) is 99.2 cm³/mol. The maximum Gasteiger partial charge on any atom is 0.242 e. The van der Waals surface area contributed by atoms with E-state index < -0.39 is 6.04 Å². The zero-order chi connectivity index (χ0) is 17.9. The number of nitrogens with two attached hydrogens (primary N) is 1. The summed E-state index contributed by atoms with van der Waals surface area (Å²) >= 11 is 0. The summed E-state index contributed by atoms with van der Waals surface area (Å²) in [6.07, 6.45) is 4.14. The van der Waals surface area contributed by atoms with Crippen molar-refractivity contribution in [3.8, 4) is 0 Å². The first kappa shape index (κ1) is 18.7. The van der Waals surface area contributed by atoms with Gasteiger partial charge in [-0.25, -0.2) is 4.98 Å². The monoisotopic (exact) mass is 333 g/mol. The van der Waals surface area contributed by atoms with E-state index in [1.165, 1.54) is 0 Å². The molecule has 0 spiro atoms. The van der Waals surface area contributed by atoms with Gasteiger partial charge in [0, 0.05) is 19.1 Å². The third-order valence-corrected chi connectivity index (χ3v) is 4.77. The molecule has 1 atom stereocenters. The summed E-state index contributed by atoms with van der Waals surface area (Å²) in [7, 11) is 4.28. The Morgan fingerprint density at radius 2 is 1.96 bits per heavy atom. The Labute approximate surface area is 145 Å². The number of carbonyl (C=O) groups excluding carboxylic acids is 1. The van der Waals surface area contributed by atoms with E-state index in [1.807, 2.05) is 39.1 Å². The van der Waals surface area contributed by atoms with Crippen LogP contribution in [-0.4, -0.2) is 55.1 Å². The molecule has 3 N–H and O–H groups in total. The smallest absolute Gasteiger partial charge is 0.242 e. The molecule has 2 rings (SSSR count). The first-order valence-corrected chi connectivity index (χ1v) is 8.62. The van der Waals surface area contributed by atoms with E-state index in [2.05, 4.69) is 34.2 Å². The van der Waals surface area contributed by atoms with Crippen LogP contribution in [0.2, 0.25) is 0 Å². The molecule has 6 nitrogen and oxygen atoms in total. The van der Waals surface area contributed by atoms with Crippen LogP contribution >= 0.6 is 0 Å². The van der Waals surface area contributed by atoms with Crippen LogP contribution in [0.3, 0.4) is 0 Å². The highest BCUT2D eigenvalue weighted by Crippen LogP contribution is 2.23. The van der Waals surface area contributed by atoms with Crippen LogP contribution in [0, 0.1) is 5.41 Å². The Hall–Kier alpha value is -1.66. The van der Waals surface area contributed by atoms with Crippen molar-refractivity contribution >= 4 is 17.4 Å². The molecule has 1 aromatic rings. The topological polar surface area (TPSA) is 74.5 Å². The van der Waals surface area contributed by atoms with Crippen molar-refractivity contribution in [1.29, 1.82) is 0 Å².